The molecular formula is C14H24O3. The van der Waals surface area contributed by atoms with Gasteiger partial charge in [0.2, 0.25) is 0 Å². The normalized spacial score (nSPS) is 15.7. The summed E-state index contributed by atoms with van der Waals surface area (Å²) in [7, 11) is 0. The second kappa shape index (κ2) is 8.14. The molecule has 2 atom stereocenters. The molecule has 0 saturated heterocycles. The minimum atomic E-state index is -0.808. The molecule has 0 spiro atoms. The average molecular weight is 240 g/mol. The van der Waals surface area contributed by atoms with Gasteiger partial charge in [0.05, 0.1) is 0 Å². The van der Waals surface area contributed by atoms with Crippen LogP contribution in [0, 0.1) is 18.3 Å². The summed E-state index contributed by atoms with van der Waals surface area (Å²) in [4.78, 5) is 20.2. The molecule has 0 heterocycles. The van der Waals surface area contributed by atoms with Crippen molar-refractivity contribution >= 4 is 5.97 Å². The lowest BCUT2D eigenvalue weighted by atomic mass is 9.94. The SMILES string of the molecule is C#CC(C)(CCCC(C)CCC)OOC(C)=O. The van der Waals surface area contributed by atoms with Crippen LogP contribution in [0.4, 0.5) is 0 Å². The molecule has 17 heavy (non-hydrogen) atoms. The van der Waals surface area contributed by atoms with Gasteiger partial charge in [0.15, 0.2) is 5.60 Å². The lowest BCUT2D eigenvalue weighted by molar-refractivity contribution is -0.314. The second-order valence-electron chi connectivity index (χ2n) is 4.82. The number of terminal acetylenes is 1. The molecule has 0 aliphatic carbocycles. The van der Waals surface area contributed by atoms with Gasteiger partial charge < -0.3 is 0 Å². The first kappa shape index (κ1) is 16.0. The molecule has 0 aromatic rings. The first-order chi connectivity index (χ1) is 7.93. The van der Waals surface area contributed by atoms with Gasteiger partial charge in [-0.25, -0.2) is 4.79 Å². The lowest BCUT2D eigenvalue weighted by Gasteiger charge is -2.22. The number of hydrogen-bond donors (Lipinski definition) is 0. The summed E-state index contributed by atoms with van der Waals surface area (Å²) in [5.41, 5.74) is -0.808. The van der Waals surface area contributed by atoms with Crippen molar-refractivity contribution in [1.82, 2.24) is 0 Å². The summed E-state index contributed by atoms with van der Waals surface area (Å²) < 4.78 is 0. The van der Waals surface area contributed by atoms with E-state index in [1.54, 1.807) is 6.92 Å². The second-order valence-corrected chi connectivity index (χ2v) is 4.82. The van der Waals surface area contributed by atoms with E-state index in [2.05, 4.69) is 24.7 Å². The van der Waals surface area contributed by atoms with Crippen LogP contribution in [0.1, 0.15) is 59.8 Å². The maximum atomic E-state index is 10.7. The van der Waals surface area contributed by atoms with E-state index in [0.717, 1.165) is 12.8 Å². The Morgan fingerprint density at radius 3 is 2.59 bits per heavy atom. The van der Waals surface area contributed by atoms with Gasteiger partial charge in [0.1, 0.15) is 0 Å². The highest BCUT2D eigenvalue weighted by Gasteiger charge is 2.24. The van der Waals surface area contributed by atoms with E-state index in [0.29, 0.717) is 12.3 Å². The molecule has 2 unspecified atom stereocenters. The van der Waals surface area contributed by atoms with Crippen LogP contribution in [0.3, 0.4) is 0 Å². The predicted octanol–water partition coefficient (Wildman–Crippen LogP) is 3.48. The van der Waals surface area contributed by atoms with Gasteiger partial charge in [-0.3, -0.25) is 4.89 Å². The summed E-state index contributed by atoms with van der Waals surface area (Å²) in [6.07, 6.45) is 10.6. The summed E-state index contributed by atoms with van der Waals surface area (Å²) in [6, 6.07) is 0. The molecule has 0 fully saturated rings. The quantitative estimate of drug-likeness (QED) is 0.370. The number of hydrogen-bond acceptors (Lipinski definition) is 3. The zero-order valence-electron chi connectivity index (χ0n) is 11.4. The Hall–Kier alpha value is -1.01. The van der Waals surface area contributed by atoms with Gasteiger partial charge in [0, 0.05) is 6.92 Å². The van der Waals surface area contributed by atoms with E-state index in [4.69, 9.17) is 11.3 Å². The van der Waals surface area contributed by atoms with Crippen LogP contribution in [-0.2, 0) is 14.6 Å². The molecule has 0 radical (unpaired) electrons. The smallest absolute Gasteiger partial charge is 0.297 e. The maximum absolute atomic E-state index is 10.7. The van der Waals surface area contributed by atoms with Crippen molar-refractivity contribution in [3.63, 3.8) is 0 Å². The minimum absolute atomic E-state index is 0.481. The highest BCUT2D eigenvalue weighted by Crippen LogP contribution is 2.21. The predicted molar refractivity (Wildman–Crippen MR) is 68.0 cm³/mol. The van der Waals surface area contributed by atoms with Crippen molar-refractivity contribution in [1.29, 1.82) is 0 Å². The largest absolute Gasteiger partial charge is 0.339 e. The highest BCUT2D eigenvalue weighted by molar-refractivity contribution is 5.65. The Kier molecular flexibility index (Phi) is 7.65. The number of rotatable bonds is 8. The van der Waals surface area contributed by atoms with Crippen LogP contribution in [-0.4, -0.2) is 11.6 Å². The van der Waals surface area contributed by atoms with Crippen LogP contribution < -0.4 is 0 Å². The van der Waals surface area contributed by atoms with Crippen molar-refractivity contribution in [2.24, 2.45) is 5.92 Å². The molecule has 98 valence electrons. The zero-order chi connectivity index (χ0) is 13.3. The summed E-state index contributed by atoms with van der Waals surface area (Å²) >= 11 is 0. The van der Waals surface area contributed by atoms with E-state index < -0.39 is 11.6 Å². The molecule has 0 aliphatic heterocycles. The fourth-order valence-corrected chi connectivity index (χ4v) is 1.71. The van der Waals surface area contributed by atoms with Crippen molar-refractivity contribution in [2.45, 2.75) is 65.4 Å². The van der Waals surface area contributed by atoms with E-state index >= 15 is 0 Å². The van der Waals surface area contributed by atoms with Crippen LogP contribution in [0.15, 0.2) is 0 Å². The summed E-state index contributed by atoms with van der Waals surface area (Å²) in [6.45, 7) is 7.48. The first-order valence-electron chi connectivity index (χ1n) is 6.27. The Morgan fingerprint density at radius 1 is 1.47 bits per heavy atom. The van der Waals surface area contributed by atoms with Gasteiger partial charge >= 0.3 is 5.97 Å². The molecule has 0 rings (SSSR count). The Bertz CT molecular complexity index is 267. The molecule has 0 amide bonds. The molecule has 0 N–H and O–H groups in total. The van der Waals surface area contributed by atoms with Gasteiger partial charge in [-0.15, -0.1) is 6.42 Å². The maximum Gasteiger partial charge on any atom is 0.339 e. The van der Waals surface area contributed by atoms with Crippen molar-refractivity contribution in [3.05, 3.63) is 0 Å². The Labute approximate surface area is 105 Å². The van der Waals surface area contributed by atoms with Crippen LogP contribution in [0.5, 0.6) is 0 Å². The molecule has 0 aromatic heterocycles. The van der Waals surface area contributed by atoms with E-state index in [9.17, 15) is 4.79 Å². The molecule has 0 aromatic carbocycles. The third-order valence-electron chi connectivity index (χ3n) is 2.78. The zero-order valence-corrected chi connectivity index (χ0v) is 11.4. The molecule has 0 aliphatic rings. The molecule has 0 saturated carbocycles. The number of carbonyl (C=O) groups is 1. The third-order valence-corrected chi connectivity index (χ3v) is 2.78. The topological polar surface area (TPSA) is 35.5 Å². The fourth-order valence-electron chi connectivity index (χ4n) is 1.71. The summed E-state index contributed by atoms with van der Waals surface area (Å²) in [5.74, 6) is 2.76. The Balaban J connectivity index is 3.96. The first-order valence-corrected chi connectivity index (χ1v) is 6.27. The van der Waals surface area contributed by atoms with Crippen molar-refractivity contribution in [2.75, 3.05) is 0 Å². The molecule has 0 bridgehead atoms. The van der Waals surface area contributed by atoms with Crippen LogP contribution >= 0.6 is 0 Å². The van der Waals surface area contributed by atoms with E-state index in [-0.39, 0.29) is 0 Å². The standard InChI is InChI=1S/C14H24O3/c1-6-9-12(3)10-8-11-14(5,7-2)17-16-13(4)15/h2,12H,6,8-11H2,1,3-5H3. The third kappa shape index (κ3) is 7.82. The number of carbonyl (C=O) groups excluding carboxylic acids is 1. The minimum Gasteiger partial charge on any atom is -0.297 e. The Morgan fingerprint density at radius 2 is 2.12 bits per heavy atom. The monoisotopic (exact) mass is 240 g/mol. The van der Waals surface area contributed by atoms with Crippen LogP contribution in [0.25, 0.3) is 0 Å². The molecule has 3 nitrogen and oxygen atoms in total. The highest BCUT2D eigenvalue weighted by atomic mass is 17.2. The van der Waals surface area contributed by atoms with Crippen molar-refractivity contribution < 1.29 is 14.6 Å². The van der Waals surface area contributed by atoms with E-state index in [1.165, 1.54) is 19.8 Å². The lowest BCUT2D eigenvalue weighted by Crippen LogP contribution is -2.28. The van der Waals surface area contributed by atoms with Gasteiger partial charge in [-0.05, 0) is 25.7 Å². The summed E-state index contributed by atoms with van der Waals surface area (Å²) in [5, 5.41) is 0. The fraction of sp³-hybridized carbons (Fsp3) is 0.786. The van der Waals surface area contributed by atoms with Gasteiger partial charge in [-0.2, -0.15) is 4.89 Å². The average Bonchev–Trinajstić information content (AvgIpc) is 2.27. The molecular weight excluding hydrogens is 216 g/mol. The van der Waals surface area contributed by atoms with E-state index in [1.807, 2.05) is 0 Å². The van der Waals surface area contributed by atoms with Gasteiger partial charge in [-0.1, -0.05) is 39.0 Å². The van der Waals surface area contributed by atoms with Gasteiger partial charge in [0.25, 0.3) is 0 Å². The van der Waals surface area contributed by atoms with Crippen LogP contribution in [0.2, 0.25) is 0 Å². The molecule has 3 heteroatoms. The van der Waals surface area contributed by atoms with Crippen molar-refractivity contribution in [3.8, 4) is 12.3 Å².